The lowest BCUT2D eigenvalue weighted by Gasteiger charge is -2.07. The van der Waals surface area contributed by atoms with Crippen LogP contribution in [0, 0.1) is 0 Å². The Bertz CT molecular complexity index is 568. The maximum Gasteiger partial charge on any atom is 0.221 e. The molecular formula is C12H22N2O6S2. The van der Waals surface area contributed by atoms with Gasteiger partial charge in [0, 0.05) is 30.3 Å². The molecule has 2 N–H and O–H groups in total. The van der Waals surface area contributed by atoms with Crippen molar-refractivity contribution in [2.75, 3.05) is 37.9 Å². The highest BCUT2D eigenvalue weighted by atomic mass is 32.2. The van der Waals surface area contributed by atoms with Gasteiger partial charge in [0.2, 0.25) is 5.91 Å². The van der Waals surface area contributed by atoms with E-state index in [1.54, 1.807) is 0 Å². The summed E-state index contributed by atoms with van der Waals surface area (Å²) in [6, 6.07) is 0. The van der Waals surface area contributed by atoms with Crippen LogP contribution in [0.4, 0.5) is 0 Å². The average Bonchev–Trinajstić information content (AvgIpc) is 2.48. The van der Waals surface area contributed by atoms with E-state index in [1.807, 2.05) is 0 Å². The topological polar surface area (TPSA) is 119 Å². The molecule has 8 nitrogen and oxygen atoms in total. The Balaban J connectivity index is 3.56. The van der Waals surface area contributed by atoms with Crippen LogP contribution >= 0.6 is 0 Å². The summed E-state index contributed by atoms with van der Waals surface area (Å²) in [5, 5.41) is 7.08. The zero-order chi connectivity index (χ0) is 17.1. The molecule has 0 aliphatic rings. The van der Waals surface area contributed by atoms with Crippen LogP contribution in [-0.2, 0) is 29.2 Å². The molecule has 0 aliphatic carbocycles. The third-order valence-electron chi connectivity index (χ3n) is 2.46. The fourth-order valence-corrected chi connectivity index (χ4v) is 2.33. The van der Waals surface area contributed by atoms with Crippen LogP contribution in [0.25, 0.3) is 0 Å². The molecule has 0 fully saturated rings. The summed E-state index contributed by atoms with van der Waals surface area (Å²) in [6.07, 6.45) is -0.121. The van der Waals surface area contributed by atoms with Gasteiger partial charge in [-0.2, -0.15) is 0 Å². The molecule has 0 aromatic heterocycles. The number of ether oxygens (including phenoxy) is 1. The quantitative estimate of drug-likeness (QED) is 0.327. The maximum atomic E-state index is 11.3. The molecule has 0 rings (SSSR count). The normalized spacial score (nSPS) is 11.8. The SMILES string of the molecule is C=CS(=O)(=O)CCOCNCCNC(=O)CCS(=O)(=O)C=C. The molecule has 0 aliphatic heterocycles. The average molecular weight is 354 g/mol. The molecule has 0 aromatic rings. The first-order valence-electron chi connectivity index (χ1n) is 6.48. The van der Waals surface area contributed by atoms with E-state index in [9.17, 15) is 21.6 Å². The Hall–Kier alpha value is -1.23. The van der Waals surface area contributed by atoms with Gasteiger partial charge in [0.15, 0.2) is 19.7 Å². The molecule has 1 amide bonds. The van der Waals surface area contributed by atoms with Crippen LogP contribution in [-0.4, -0.2) is 60.7 Å². The summed E-state index contributed by atoms with van der Waals surface area (Å²) >= 11 is 0. The van der Waals surface area contributed by atoms with Crippen LogP contribution in [0.5, 0.6) is 0 Å². The number of carbonyl (C=O) groups is 1. The van der Waals surface area contributed by atoms with Gasteiger partial charge < -0.3 is 10.1 Å². The fraction of sp³-hybridized carbons (Fsp3) is 0.583. The molecule has 10 heteroatoms. The van der Waals surface area contributed by atoms with Crippen molar-refractivity contribution in [3.05, 3.63) is 24.0 Å². The molecule has 0 saturated heterocycles. The second kappa shape index (κ2) is 10.5. The van der Waals surface area contributed by atoms with Crippen molar-refractivity contribution in [2.45, 2.75) is 6.42 Å². The second-order valence-electron chi connectivity index (χ2n) is 4.22. The Morgan fingerprint density at radius 2 is 1.59 bits per heavy atom. The Morgan fingerprint density at radius 3 is 2.18 bits per heavy atom. The van der Waals surface area contributed by atoms with E-state index >= 15 is 0 Å². The highest BCUT2D eigenvalue weighted by Gasteiger charge is 2.09. The second-order valence-corrected chi connectivity index (χ2v) is 8.35. The minimum atomic E-state index is -3.36. The van der Waals surface area contributed by atoms with Crippen molar-refractivity contribution in [2.24, 2.45) is 0 Å². The zero-order valence-corrected chi connectivity index (χ0v) is 13.9. The van der Waals surface area contributed by atoms with E-state index in [0.717, 1.165) is 10.8 Å². The molecule has 0 heterocycles. The van der Waals surface area contributed by atoms with E-state index in [4.69, 9.17) is 4.74 Å². The summed E-state index contributed by atoms with van der Waals surface area (Å²) < 4.78 is 49.3. The standard InChI is InChI=1S/C12H22N2O6S2/c1-3-21(16,17)9-5-12(15)14-7-6-13-11-20-8-10-22(18,19)4-2/h3-4,13H,1-2,5-11H2,(H,14,15). The first-order valence-corrected chi connectivity index (χ1v) is 9.91. The van der Waals surface area contributed by atoms with Gasteiger partial charge >= 0.3 is 0 Å². The van der Waals surface area contributed by atoms with Gasteiger partial charge in [-0.05, 0) is 0 Å². The van der Waals surface area contributed by atoms with Crippen molar-refractivity contribution in [1.29, 1.82) is 0 Å². The summed E-state index contributed by atoms with van der Waals surface area (Å²) in [7, 11) is -6.61. The number of amides is 1. The lowest BCUT2D eigenvalue weighted by atomic mass is 10.4. The molecule has 0 spiro atoms. The summed E-state index contributed by atoms with van der Waals surface area (Å²) in [5.41, 5.74) is 0. The lowest BCUT2D eigenvalue weighted by molar-refractivity contribution is -0.120. The first kappa shape index (κ1) is 20.8. The Kier molecular flexibility index (Phi) is 9.90. The highest BCUT2D eigenvalue weighted by molar-refractivity contribution is 7.94. The summed E-state index contributed by atoms with van der Waals surface area (Å²) in [6.45, 7) is 7.25. The number of hydrogen-bond donors (Lipinski definition) is 2. The Morgan fingerprint density at radius 1 is 1.00 bits per heavy atom. The predicted octanol–water partition coefficient (Wildman–Crippen LogP) is -0.827. The minimum absolute atomic E-state index is 0.0487. The smallest absolute Gasteiger partial charge is 0.221 e. The van der Waals surface area contributed by atoms with Crippen LogP contribution in [0.15, 0.2) is 24.0 Å². The van der Waals surface area contributed by atoms with Gasteiger partial charge in [-0.15, -0.1) is 0 Å². The lowest BCUT2D eigenvalue weighted by Crippen LogP contribution is -2.33. The number of rotatable bonds is 13. The zero-order valence-electron chi connectivity index (χ0n) is 12.3. The molecular weight excluding hydrogens is 332 g/mol. The van der Waals surface area contributed by atoms with E-state index in [-0.39, 0.29) is 37.2 Å². The number of carbonyl (C=O) groups excluding carboxylic acids is 1. The van der Waals surface area contributed by atoms with Crippen molar-refractivity contribution < 1.29 is 26.4 Å². The number of nitrogens with one attached hydrogen (secondary N) is 2. The molecule has 0 unspecified atom stereocenters. The number of sulfone groups is 2. The molecule has 0 radical (unpaired) electrons. The molecule has 22 heavy (non-hydrogen) atoms. The van der Waals surface area contributed by atoms with Gasteiger partial charge in [0.05, 0.1) is 24.8 Å². The first-order chi connectivity index (χ1) is 10.2. The van der Waals surface area contributed by atoms with Gasteiger partial charge in [0.1, 0.15) is 0 Å². The third kappa shape index (κ3) is 11.4. The molecule has 128 valence electrons. The van der Waals surface area contributed by atoms with Crippen LogP contribution in [0.1, 0.15) is 6.42 Å². The van der Waals surface area contributed by atoms with Crippen LogP contribution < -0.4 is 10.6 Å². The monoisotopic (exact) mass is 354 g/mol. The van der Waals surface area contributed by atoms with Gasteiger partial charge in [-0.25, -0.2) is 16.8 Å². The van der Waals surface area contributed by atoms with Crippen molar-refractivity contribution >= 4 is 25.6 Å². The van der Waals surface area contributed by atoms with Gasteiger partial charge in [-0.1, -0.05) is 13.2 Å². The van der Waals surface area contributed by atoms with Crippen LogP contribution in [0.3, 0.4) is 0 Å². The van der Waals surface area contributed by atoms with E-state index in [0.29, 0.717) is 13.1 Å². The number of hydrogen-bond acceptors (Lipinski definition) is 7. The van der Waals surface area contributed by atoms with Gasteiger partial charge in [-0.3, -0.25) is 10.1 Å². The predicted molar refractivity (Wildman–Crippen MR) is 84.4 cm³/mol. The fourth-order valence-electron chi connectivity index (χ4n) is 1.17. The highest BCUT2D eigenvalue weighted by Crippen LogP contribution is 1.94. The molecule has 0 bridgehead atoms. The Labute approximate surface area is 131 Å². The van der Waals surface area contributed by atoms with E-state index < -0.39 is 19.7 Å². The van der Waals surface area contributed by atoms with Crippen molar-refractivity contribution in [1.82, 2.24) is 10.6 Å². The minimum Gasteiger partial charge on any atom is -0.365 e. The van der Waals surface area contributed by atoms with Crippen molar-refractivity contribution in [3.63, 3.8) is 0 Å². The van der Waals surface area contributed by atoms with Crippen LogP contribution in [0.2, 0.25) is 0 Å². The molecule has 0 aromatic carbocycles. The molecule has 0 saturated carbocycles. The molecule has 0 atom stereocenters. The third-order valence-corrected chi connectivity index (χ3v) is 4.99. The summed E-state index contributed by atoms with van der Waals surface area (Å²) in [4.78, 5) is 11.3. The van der Waals surface area contributed by atoms with E-state index in [2.05, 4.69) is 23.8 Å². The summed E-state index contributed by atoms with van der Waals surface area (Å²) in [5.74, 6) is -0.770. The maximum absolute atomic E-state index is 11.3. The van der Waals surface area contributed by atoms with Crippen molar-refractivity contribution in [3.8, 4) is 0 Å². The van der Waals surface area contributed by atoms with Gasteiger partial charge in [0.25, 0.3) is 0 Å². The van der Waals surface area contributed by atoms with E-state index in [1.165, 1.54) is 0 Å². The largest absolute Gasteiger partial charge is 0.365 e.